The lowest BCUT2D eigenvalue weighted by Gasteiger charge is -2.16. The molecule has 0 bridgehead atoms. The van der Waals surface area contributed by atoms with Crippen molar-refractivity contribution in [2.24, 2.45) is 0 Å². The van der Waals surface area contributed by atoms with Gasteiger partial charge in [0.1, 0.15) is 0 Å². The maximum absolute atomic E-state index is 5.73. The van der Waals surface area contributed by atoms with E-state index in [0.29, 0.717) is 11.2 Å². The van der Waals surface area contributed by atoms with E-state index in [-0.39, 0.29) is 0 Å². The SMILES string of the molecule is CCCC(CC)Nc1cnnc(Cl)c1. The minimum absolute atomic E-state index is 0.432. The first-order valence-corrected chi connectivity index (χ1v) is 5.38. The van der Waals surface area contributed by atoms with Gasteiger partial charge >= 0.3 is 0 Å². The molecule has 14 heavy (non-hydrogen) atoms. The standard InChI is InChI=1S/C10H16ClN3/c1-3-5-8(4-2)13-9-6-10(11)14-12-7-9/h6-8H,3-5H2,1-2H3,(H,13,14). The normalized spacial score (nSPS) is 12.5. The number of rotatable bonds is 5. The van der Waals surface area contributed by atoms with Crippen molar-refractivity contribution in [2.75, 3.05) is 5.32 Å². The zero-order chi connectivity index (χ0) is 10.4. The summed E-state index contributed by atoms with van der Waals surface area (Å²) < 4.78 is 0. The summed E-state index contributed by atoms with van der Waals surface area (Å²) in [6, 6.07) is 2.30. The van der Waals surface area contributed by atoms with Crippen LogP contribution >= 0.6 is 11.6 Å². The van der Waals surface area contributed by atoms with E-state index in [4.69, 9.17) is 11.6 Å². The minimum atomic E-state index is 0.432. The zero-order valence-corrected chi connectivity index (χ0v) is 9.38. The first-order chi connectivity index (χ1) is 6.76. The van der Waals surface area contributed by atoms with Gasteiger partial charge < -0.3 is 5.32 Å². The van der Waals surface area contributed by atoms with Crippen LogP contribution in [-0.4, -0.2) is 16.2 Å². The lowest BCUT2D eigenvalue weighted by Crippen LogP contribution is -2.18. The largest absolute Gasteiger partial charge is 0.381 e. The van der Waals surface area contributed by atoms with Crippen molar-refractivity contribution >= 4 is 17.3 Å². The first kappa shape index (κ1) is 11.2. The Morgan fingerprint density at radius 2 is 2.29 bits per heavy atom. The van der Waals surface area contributed by atoms with E-state index >= 15 is 0 Å². The van der Waals surface area contributed by atoms with Gasteiger partial charge in [0.2, 0.25) is 0 Å². The molecule has 0 saturated carbocycles. The van der Waals surface area contributed by atoms with Gasteiger partial charge in [0, 0.05) is 12.1 Å². The van der Waals surface area contributed by atoms with Crippen molar-refractivity contribution in [1.82, 2.24) is 10.2 Å². The molecule has 0 radical (unpaired) electrons. The second-order valence-corrected chi connectivity index (χ2v) is 3.69. The Kier molecular flexibility index (Phi) is 4.66. The fourth-order valence-corrected chi connectivity index (χ4v) is 1.54. The van der Waals surface area contributed by atoms with Crippen molar-refractivity contribution in [3.63, 3.8) is 0 Å². The molecule has 1 atom stereocenters. The molecule has 0 aliphatic heterocycles. The predicted octanol–water partition coefficient (Wildman–Crippen LogP) is 3.12. The number of anilines is 1. The van der Waals surface area contributed by atoms with Crippen LogP contribution in [0.2, 0.25) is 5.15 Å². The molecule has 0 aromatic carbocycles. The fourth-order valence-electron chi connectivity index (χ4n) is 1.38. The van der Waals surface area contributed by atoms with Crippen LogP contribution in [0.1, 0.15) is 33.1 Å². The monoisotopic (exact) mass is 213 g/mol. The number of hydrogen-bond donors (Lipinski definition) is 1. The van der Waals surface area contributed by atoms with E-state index in [1.807, 2.05) is 0 Å². The summed E-state index contributed by atoms with van der Waals surface area (Å²) in [5.41, 5.74) is 0.949. The molecule has 0 aliphatic carbocycles. The summed E-state index contributed by atoms with van der Waals surface area (Å²) in [6.07, 6.45) is 5.15. The summed E-state index contributed by atoms with van der Waals surface area (Å²) in [7, 11) is 0. The number of aromatic nitrogens is 2. The minimum Gasteiger partial charge on any atom is -0.381 e. The van der Waals surface area contributed by atoms with Gasteiger partial charge in [0.15, 0.2) is 5.15 Å². The Balaban J connectivity index is 2.57. The molecule has 4 heteroatoms. The van der Waals surface area contributed by atoms with Crippen LogP contribution in [0.25, 0.3) is 0 Å². The Morgan fingerprint density at radius 3 is 2.86 bits per heavy atom. The summed E-state index contributed by atoms with van der Waals surface area (Å²) in [5.74, 6) is 0. The molecule has 1 heterocycles. The van der Waals surface area contributed by atoms with Crippen LogP contribution in [-0.2, 0) is 0 Å². The third-order valence-corrected chi connectivity index (χ3v) is 2.31. The van der Waals surface area contributed by atoms with Gasteiger partial charge in [-0.15, -0.1) is 5.10 Å². The van der Waals surface area contributed by atoms with Gasteiger partial charge in [-0.3, -0.25) is 0 Å². The molecule has 78 valence electrons. The molecule has 0 aliphatic rings. The van der Waals surface area contributed by atoms with Gasteiger partial charge in [-0.05, 0) is 12.8 Å². The van der Waals surface area contributed by atoms with Crippen molar-refractivity contribution in [3.05, 3.63) is 17.4 Å². The number of nitrogens with one attached hydrogen (secondary N) is 1. The molecule has 1 unspecified atom stereocenters. The summed E-state index contributed by atoms with van der Waals surface area (Å²) in [5, 5.41) is 11.3. The van der Waals surface area contributed by atoms with Crippen LogP contribution in [0.15, 0.2) is 12.3 Å². The summed E-state index contributed by atoms with van der Waals surface area (Å²) >= 11 is 5.73. The predicted molar refractivity (Wildman–Crippen MR) is 59.7 cm³/mol. The van der Waals surface area contributed by atoms with E-state index in [1.54, 1.807) is 12.3 Å². The Morgan fingerprint density at radius 1 is 1.50 bits per heavy atom. The molecule has 0 saturated heterocycles. The smallest absolute Gasteiger partial charge is 0.153 e. The molecular formula is C10H16ClN3. The lowest BCUT2D eigenvalue weighted by atomic mass is 10.1. The van der Waals surface area contributed by atoms with Crippen molar-refractivity contribution in [3.8, 4) is 0 Å². The van der Waals surface area contributed by atoms with Crippen LogP contribution in [0, 0.1) is 0 Å². The molecule has 0 amide bonds. The Bertz CT molecular complexity index is 278. The van der Waals surface area contributed by atoms with E-state index < -0.39 is 0 Å². The second-order valence-electron chi connectivity index (χ2n) is 3.31. The summed E-state index contributed by atoms with van der Waals surface area (Å²) in [4.78, 5) is 0. The van der Waals surface area contributed by atoms with Gasteiger partial charge in [-0.25, -0.2) is 0 Å². The van der Waals surface area contributed by atoms with E-state index in [0.717, 1.165) is 18.5 Å². The highest BCUT2D eigenvalue weighted by atomic mass is 35.5. The molecule has 1 N–H and O–H groups in total. The third-order valence-electron chi connectivity index (χ3n) is 2.13. The van der Waals surface area contributed by atoms with Crippen molar-refractivity contribution in [1.29, 1.82) is 0 Å². The third kappa shape index (κ3) is 3.50. The molecule has 3 nitrogen and oxygen atoms in total. The summed E-state index contributed by atoms with van der Waals surface area (Å²) in [6.45, 7) is 4.35. The molecule has 1 aromatic rings. The van der Waals surface area contributed by atoms with Crippen LogP contribution in [0.3, 0.4) is 0 Å². The molecule has 1 aromatic heterocycles. The van der Waals surface area contributed by atoms with Crippen LogP contribution < -0.4 is 5.32 Å². The van der Waals surface area contributed by atoms with Gasteiger partial charge in [0.05, 0.1) is 11.9 Å². The molecule has 1 rings (SSSR count). The average molecular weight is 214 g/mol. The maximum Gasteiger partial charge on any atom is 0.153 e. The Hall–Kier alpha value is -0.830. The van der Waals surface area contributed by atoms with Crippen LogP contribution in [0.4, 0.5) is 5.69 Å². The average Bonchev–Trinajstić information content (AvgIpc) is 2.17. The zero-order valence-electron chi connectivity index (χ0n) is 8.63. The molecule has 0 spiro atoms. The molecular weight excluding hydrogens is 198 g/mol. The van der Waals surface area contributed by atoms with E-state index in [9.17, 15) is 0 Å². The van der Waals surface area contributed by atoms with Crippen LogP contribution in [0.5, 0.6) is 0 Å². The Labute approximate surface area is 89.9 Å². The van der Waals surface area contributed by atoms with Gasteiger partial charge in [-0.1, -0.05) is 31.9 Å². The van der Waals surface area contributed by atoms with Crippen molar-refractivity contribution < 1.29 is 0 Å². The quantitative estimate of drug-likeness (QED) is 0.817. The fraction of sp³-hybridized carbons (Fsp3) is 0.600. The highest BCUT2D eigenvalue weighted by molar-refractivity contribution is 6.29. The number of nitrogens with zero attached hydrogens (tertiary/aromatic N) is 2. The van der Waals surface area contributed by atoms with Crippen molar-refractivity contribution in [2.45, 2.75) is 39.2 Å². The van der Waals surface area contributed by atoms with E-state index in [1.165, 1.54) is 6.42 Å². The molecule has 0 fully saturated rings. The topological polar surface area (TPSA) is 37.8 Å². The number of halogens is 1. The highest BCUT2D eigenvalue weighted by Gasteiger charge is 2.05. The maximum atomic E-state index is 5.73. The lowest BCUT2D eigenvalue weighted by molar-refractivity contribution is 0.622. The highest BCUT2D eigenvalue weighted by Crippen LogP contribution is 2.14. The first-order valence-electron chi connectivity index (χ1n) is 5.01. The van der Waals surface area contributed by atoms with E-state index in [2.05, 4.69) is 29.4 Å². The second kappa shape index (κ2) is 5.81. The van der Waals surface area contributed by atoms with Gasteiger partial charge in [-0.2, -0.15) is 5.10 Å². The number of hydrogen-bond acceptors (Lipinski definition) is 3. The van der Waals surface area contributed by atoms with Gasteiger partial charge in [0.25, 0.3) is 0 Å².